The highest BCUT2D eigenvalue weighted by atomic mass is 35.5. The lowest BCUT2D eigenvalue weighted by Crippen LogP contribution is -2.41. The predicted octanol–water partition coefficient (Wildman–Crippen LogP) is 4.40. The van der Waals surface area contributed by atoms with E-state index >= 15 is 0 Å². The Kier molecular flexibility index (Phi) is 4.74. The number of nitrogens with one attached hydrogen (secondary N) is 1. The lowest BCUT2D eigenvalue weighted by atomic mass is 9.92. The van der Waals surface area contributed by atoms with Crippen LogP contribution in [0.3, 0.4) is 0 Å². The Labute approximate surface area is 178 Å². The summed E-state index contributed by atoms with van der Waals surface area (Å²) in [6.07, 6.45) is 2.22. The Morgan fingerprint density at radius 3 is 2.48 bits per heavy atom. The number of imide groups is 1. The highest BCUT2D eigenvalue weighted by Gasteiger charge is 2.49. The molecule has 0 bridgehead atoms. The molecular weight excluding hydrogens is 413 g/mol. The van der Waals surface area contributed by atoms with Crippen molar-refractivity contribution in [2.75, 3.05) is 6.54 Å². The second-order valence-electron chi connectivity index (χ2n) is 7.88. The second kappa shape index (κ2) is 6.89. The van der Waals surface area contributed by atoms with E-state index in [0.29, 0.717) is 22.2 Å². The number of hydrogen-bond donors (Lipinski definition) is 1. The maximum Gasteiger partial charge on any atom is 0.325 e. The van der Waals surface area contributed by atoms with E-state index in [-0.39, 0.29) is 17.4 Å². The summed E-state index contributed by atoms with van der Waals surface area (Å²) in [6, 6.07) is 6.45. The summed E-state index contributed by atoms with van der Waals surface area (Å²) in [5.41, 5.74) is 1.65. The molecule has 0 spiro atoms. The van der Waals surface area contributed by atoms with Gasteiger partial charge in [0, 0.05) is 23.0 Å². The van der Waals surface area contributed by atoms with Crippen LogP contribution in [0.5, 0.6) is 0 Å². The number of aryl methyl sites for hydroxylation is 1. The molecule has 6 nitrogen and oxygen atoms in total. The van der Waals surface area contributed by atoms with Crippen LogP contribution in [0.1, 0.15) is 53.1 Å². The van der Waals surface area contributed by atoms with Crippen LogP contribution in [-0.2, 0) is 10.3 Å². The molecule has 1 saturated heterocycles. The molecule has 1 aromatic carbocycles. The van der Waals surface area contributed by atoms with Crippen molar-refractivity contribution in [3.05, 3.63) is 56.8 Å². The summed E-state index contributed by atoms with van der Waals surface area (Å²) in [5, 5.41) is 3.33. The number of Topliss-reactive ketones (excluding diaryl/α,β-unsaturated/α-hetero) is 1. The minimum atomic E-state index is -1.31. The van der Waals surface area contributed by atoms with Gasteiger partial charge in [-0.25, -0.2) is 4.79 Å². The number of hydrogen-bond acceptors (Lipinski definition) is 3. The first kappa shape index (κ1) is 20.0. The number of aromatic nitrogens is 1. The first-order valence-corrected chi connectivity index (χ1v) is 10.2. The Bertz CT molecular complexity index is 1060. The quantitative estimate of drug-likeness (QED) is 0.560. The number of nitrogens with zero attached hydrogens (tertiary/aromatic N) is 2. The zero-order chi connectivity index (χ0) is 21.1. The Morgan fingerprint density at radius 2 is 1.86 bits per heavy atom. The van der Waals surface area contributed by atoms with Crippen LogP contribution < -0.4 is 5.32 Å². The highest BCUT2D eigenvalue weighted by molar-refractivity contribution is 6.42. The van der Waals surface area contributed by atoms with Gasteiger partial charge in [0.1, 0.15) is 5.54 Å². The topological polar surface area (TPSA) is 71.4 Å². The molecule has 3 amide bonds. The van der Waals surface area contributed by atoms with E-state index in [2.05, 4.69) is 9.88 Å². The van der Waals surface area contributed by atoms with E-state index < -0.39 is 17.5 Å². The summed E-state index contributed by atoms with van der Waals surface area (Å²) < 4.78 is 2.17. The maximum absolute atomic E-state index is 13.1. The Balaban J connectivity index is 1.59. The largest absolute Gasteiger partial charge is 0.345 e. The van der Waals surface area contributed by atoms with Gasteiger partial charge in [-0.3, -0.25) is 14.5 Å². The highest BCUT2D eigenvalue weighted by Crippen LogP contribution is 2.38. The minimum absolute atomic E-state index is 0.258. The van der Waals surface area contributed by atoms with Crippen LogP contribution in [0, 0.1) is 13.8 Å². The molecule has 2 aliphatic rings. The SMILES string of the molecule is Cc1cc(C(=O)CN2C(=O)NC(C)(c3ccc(Cl)c(Cl)c3)C2=O)c(C)n1C1CC1. The smallest absolute Gasteiger partial charge is 0.325 e. The molecule has 2 heterocycles. The molecule has 1 saturated carbocycles. The van der Waals surface area contributed by atoms with E-state index in [1.807, 2.05) is 19.9 Å². The van der Waals surface area contributed by atoms with Gasteiger partial charge in [0.15, 0.2) is 5.78 Å². The summed E-state index contributed by atoms with van der Waals surface area (Å²) in [7, 11) is 0. The van der Waals surface area contributed by atoms with Crippen molar-refractivity contribution in [1.82, 2.24) is 14.8 Å². The summed E-state index contributed by atoms with van der Waals surface area (Å²) in [5.74, 6) is -0.753. The van der Waals surface area contributed by atoms with Crippen LogP contribution in [0.25, 0.3) is 0 Å². The molecule has 2 aromatic rings. The third kappa shape index (κ3) is 3.24. The van der Waals surface area contributed by atoms with Gasteiger partial charge in [-0.1, -0.05) is 29.3 Å². The second-order valence-corrected chi connectivity index (χ2v) is 8.70. The first-order valence-electron chi connectivity index (χ1n) is 9.44. The lowest BCUT2D eigenvalue weighted by molar-refractivity contribution is -0.130. The lowest BCUT2D eigenvalue weighted by Gasteiger charge is -2.22. The van der Waals surface area contributed by atoms with E-state index in [1.165, 1.54) is 0 Å². The monoisotopic (exact) mass is 433 g/mol. The first-order chi connectivity index (χ1) is 13.6. The molecular formula is C21H21Cl2N3O3. The van der Waals surface area contributed by atoms with Crippen LogP contribution in [-0.4, -0.2) is 33.7 Å². The molecule has 4 rings (SSSR count). The molecule has 1 N–H and O–H groups in total. The number of carbonyl (C=O) groups is 3. The molecule has 152 valence electrons. The molecule has 1 atom stereocenters. The van der Waals surface area contributed by atoms with Gasteiger partial charge in [-0.2, -0.15) is 0 Å². The average Bonchev–Trinajstić information content (AvgIpc) is 3.41. The van der Waals surface area contributed by atoms with Gasteiger partial charge in [0.25, 0.3) is 5.91 Å². The fourth-order valence-electron chi connectivity index (χ4n) is 4.03. The Morgan fingerprint density at radius 1 is 1.17 bits per heavy atom. The van der Waals surface area contributed by atoms with Crippen LogP contribution in [0.4, 0.5) is 4.79 Å². The van der Waals surface area contributed by atoms with Crippen molar-refractivity contribution in [2.24, 2.45) is 0 Å². The van der Waals surface area contributed by atoms with Crippen molar-refractivity contribution >= 4 is 40.9 Å². The Hall–Kier alpha value is -2.31. The number of halogens is 2. The molecule has 29 heavy (non-hydrogen) atoms. The van der Waals surface area contributed by atoms with Crippen LogP contribution in [0.2, 0.25) is 10.0 Å². The van der Waals surface area contributed by atoms with Crippen molar-refractivity contribution < 1.29 is 14.4 Å². The number of urea groups is 1. The van der Waals surface area contributed by atoms with Crippen molar-refractivity contribution in [3.8, 4) is 0 Å². The van der Waals surface area contributed by atoms with Crippen LogP contribution >= 0.6 is 23.2 Å². The molecule has 0 radical (unpaired) electrons. The fourth-order valence-corrected chi connectivity index (χ4v) is 4.32. The average molecular weight is 434 g/mol. The molecule has 1 aliphatic heterocycles. The van der Waals surface area contributed by atoms with Crippen molar-refractivity contribution in [1.29, 1.82) is 0 Å². The maximum atomic E-state index is 13.1. The minimum Gasteiger partial charge on any atom is -0.345 e. The fraction of sp³-hybridized carbons (Fsp3) is 0.381. The van der Waals surface area contributed by atoms with E-state index in [1.54, 1.807) is 25.1 Å². The molecule has 1 aromatic heterocycles. The molecule has 1 unspecified atom stereocenters. The third-order valence-corrected chi connectivity index (χ3v) is 6.51. The number of carbonyl (C=O) groups excluding carboxylic acids is 3. The van der Waals surface area contributed by atoms with E-state index in [4.69, 9.17) is 23.2 Å². The standard InChI is InChI=1S/C21H21Cl2N3O3/c1-11-8-15(12(2)26(11)14-5-6-14)18(27)10-25-19(28)21(3,24-20(25)29)13-4-7-16(22)17(23)9-13/h4,7-9,14H,5-6,10H2,1-3H3,(H,24,29). The zero-order valence-electron chi connectivity index (χ0n) is 16.4. The van der Waals surface area contributed by atoms with Gasteiger partial charge in [-0.15, -0.1) is 0 Å². The third-order valence-electron chi connectivity index (χ3n) is 5.77. The van der Waals surface area contributed by atoms with Gasteiger partial charge < -0.3 is 9.88 Å². The van der Waals surface area contributed by atoms with E-state index in [9.17, 15) is 14.4 Å². The van der Waals surface area contributed by atoms with Gasteiger partial charge in [0.05, 0.1) is 16.6 Å². The number of ketones is 1. The summed E-state index contributed by atoms with van der Waals surface area (Å²) in [4.78, 5) is 39.5. The zero-order valence-corrected chi connectivity index (χ0v) is 17.9. The van der Waals surface area contributed by atoms with Crippen LogP contribution in [0.15, 0.2) is 24.3 Å². The van der Waals surface area contributed by atoms with E-state index in [0.717, 1.165) is 29.1 Å². The van der Waals surface area contributed by atoms with Gasteiger partial charge in [0.2, 0.25) is 0 Å². The summed E-state index contributed by atoms with van der Waals surface area (Å²) >= 11 is 12.0. The normalized spacial score (nSPS) is 21.6. The number of rotatable bonds is 5. The molecule has 8 heteroatoms. The number of amides is 3. The summed E-state index contributed by atoms with van der Waals surface area (Å²) in [6.45, 7) is 5.16. The van der Waals surface area contributed by atoms with Gasteiger partial charge in [-0.05, 0) is 57.4 Å². The number of benzene rings is 1. The van der Waals surface area contributed by atoms with Gasteiger partial charge >= 0.3 is 6.03 Å². The van der Waals surface area contributed by atoms with Crippen molar-refractivity contribution in [2.45, 2.75) is 45.2 Å². The molecule has 2 fully saturated rings. The molecule has 1 aliphatic carbocycles. The predicted molar refractivity (Wildman–Crippen MR) is 111 cm³/mol. The van der Waals surface area contributed by atoms with Crippen molar-refractivity contribution in [3.63, 3.8) is 0 Å².